The second-order valence-electron chi connectivity index (χ2n) is 5.34. The molecule has 120 valence electrons. The van der Waals surface area contributed by atoms with Crippen molar-refractivity contribution in [3.05, 3.63) is 23.8 Å². The van der Waals surface area contributed by atoms with Crippen molar-refractivity contribution >= 4 is 18.3 Å². The Balaban J connectivity index is 0.00000176. The molecular weight excluding hydrogens is 306 g/mol. The monoisotopic (exact) mass is 325 g/mol. The first kappa shape index (κ1) is 16.5. The number of nitrogens with one attached hydrogen (secondary N) is 2. The van der Waals surface area contributed by atoms with E-state index in [2.05, 4.69) is 20.7 Å². The highest BCUT2D eigenvalue weighted by Gasteiger charge is 2.22. The molecule has 2 aromatic heterocycles. The Morgan fingerprint density at radius 2 is 2.36 bits per heavy atom. The van der Waals surface area contributed by atoms with E-state index in [4.69, 9.17) is 4.42 Å². The zero-order valence-corrected chi connectivity index (χ0v) is 13.4. The lowest BCUT2D eigenvalue weighted by atomic mass is 10.1. The zero-order valence-electron chi connectivity index (χ0n) is 12.6. The number of aromatic nitrogens is 3. The van der Waals surface area contributed by atoms with Crippen molar-refractivity contribution in [2.75, 3.05) is 13.1 Å². The minimum atomic E-state index is -0.180. The summed E-state index contributed by atoms with van der Waals surface area (Å²) in [5.74, 6) is 0.766. The van der Waals surface area contributed by atoms with E-state index >= 15 is 0 Å². The molecule has 0 bridgehead atoms. The van der Waals surface area contributed by atoms with Gasteiger partial charge in [-0.25, -0.2) is 4.98 Å². The van der Waals surface area contributed by atoms with Crippen molar-refractivity contribution in [1.29, 1.82) is 0 Å². The van der Waals surface area contributed by atoms with Crippen LogP contribution < -0.4 is 10.6 Å². The van der Waals surface area contributed by atoms with Crippen molar-refractivity contribution in [2.24, 2.45) is 7.05 Å². The SMILES string of the molecule is Cc1oc(-c2cnn(C)c2)nc1C(=O)N[C@H]1CCCNC1.Cl. The molecule has 22 heavy (non-hydrogen) atoms. The van der Waals surface area contributed by atoms with Crippen molar-refractivity contribution in [3.8, 4) is 11.5 Å². The number of carbonyl (C=O) groups excluding carboxylic acids is 1. The van der Waals surface area contributed by atoms with Crippen molar-refractivity contribution in [2.45, 2.75) is 25.8 Å². The molecule has 7 nitrogen and oxygen atoms in total. The van der Waals surface area contributed by atoms with Crippen LogP contribution in [-0.4, -0.2) is 39.8 Å². The van der Waals surface area contributed by atoms with E-state index in [0.29, 0.717) is 17.3 Å². The topological polar surface area (TPSA) is 85.0 Å². The van der Waals surface area contributed by atoms with Gasteiger partial charge in [-0.05, 0) is 26.3 Å². The molecule has 2 aromatic rings. The molecule has 1 saturated heterocycles. The standard InChI is InChI=1S/C14H19N5O2.ClH/c1-9-12(13(20)17-11-4-3-5-15-7-11)18-14(21-9)10-6-16-19(2)8-10;/h6,8,11,15H,3-5,7H2,1-2H3,(H,17,20);1H/t11-;/m0./s1. The molecule has 0 saturated carbocycles. The first-order chi connectivity index (χ1) is 10.1. The zero-order chi connectivity index (χ0) is 14.8. The van der Waals surface area contributed by atoms with Crippen LogP contribution in [-0.2, 0) is 7.05 Å². The molecule has 3 heterocycles. The minimum Gasteiger partial charge on any atom is -0.440 e. The molecule has 1 aliphatic heterocycles. The lowest BCUT2D eigenvalue weighted by Gasteiger charge is -2.23. The van der Waals surface area contributed by atoms with E-state index in [1.807, 2.05) is 7.05 Å². The van der Waals surface area contributed by atoms with Gasteiger partial charge >= 0.3 is 0 Å². The molecular formula is C14H20ClN5O2. The Hall–Kier alpha value is -1.86. The minimum absolute atomic E-state index is 0. The number of amides is 1. The molecule has 1 amide bonds. The Kier molecular flexibility index (Phi) is 5.20. The molecule has 0 aliphatic carbocycles. The first-order valence-corrected chi connectivity index (χ1v) is 7.11. The Bertz CT molecular complexity index is 645. The van der Waals surface area contributed by atoms with E-state index in [1.165, 1.54) is 0 Å². The average Bonchev–Trinajstić information content (AvgIpc) is 3.06. The normalized spacial score (nSPS) is 17.8. The van der Waals surface area contributed by atoms with Gasteiger partial charge in [0, 0.05) is 25.8 Å². The number of rotatable bonds is 3. The highest BCUT2D eigenvalue weighted by molar-refractivity contribution is 5.93. The Morgan fingerprint density at radius 1 is 1.55 bits per heavy atom. The summed E-state index contributed by atoms with van der Waals surface area (Å²) in [6.45, 7) is 3.57. The van der Waals surface area contributed by atoms with Crippen LogP contribution in [0.4, 0.5) is 0 Å². The van der Waals surface area contributed by atoms with Gasteiger partial charge in [0.15, 0.2) is 5.69 Å². The third-order valence-electron chi connectivity index (χ3n) is 3.60. The maximum Gasteiger partial charge on any atom is 0.273 e. The number of aryl methyl sites for hydroxylation is 2. The number of oxazole rings is 1. The first-order valence-electron chi connectivity index (χ1n) is 7.11. The van der Waals surface area contributed by atoms with Crippen LogP contribution in [0.3, 0.4) is 0 Å². The van der Waals surface area contributed by atoms with E-state index < -0.39 is 0 Å². The molecule has 1 fully saturated rings. The lowest BCUT2D eigenvalue weighted by molar-refractivity contribution is 0.0924. The number of hydrogen-bond donors (Lipinski definition) is 2. The highest BCUT2D eigenvalue weighted by atomic mass is 35.5. The van der Waals surface area contributed by atoms with E-state index in [9.17, 15) is 4.79 Å². The fourth-order valence-electron chi connectivity index (χ4n) is 2.49. The molecule has 3 rings (SSSR count). The maximum atomic E-state index is 12.3. The third-order valence-corrected chi connectivity index (χ3v) is 3.60. The summed E-state index contributed by atoms with van der Waals surface area (Å²) in [7, 11) is 1.82. The van der Waals surface area contributed by atoms with Crippen molar-refractivity contribution in [3.63, 3.8) is 0 Å². The summed E-state index contributed by atoms with van der Waals surface area (Å²) < 4.78 is 7.25. The highest BCUT2D eigenvalue weighted by Crippen LogP contribution is 2.21. The number of nitrogens with zero attached hydrogens (tertiary/aromatic N) is 3. The van der Waals surface area contributed by atoms with Gasteiger partial charge in [-0.3, -0.25) is 9.48 Å². The number of hydrogen-bond acceptors (Lipinski definition) is 5. The Labute approximate surface area is 134 Å². The summed E-state index contributed by atoms with van der Waals surface area (Å²) in [6, 6.07) is 0.157. The van der Waals surface area contributed by atoms with Crippen LogP contribution in [0.5, 0.6) is 0 Å². The molecule has 1 aliphatic rings. The number of carbonyl (C=O) groups is 1. The molecule has 2 N–H and O–H groups in total. The van der Waals surface area contributed by atoms with Gasteiger partial charge < -0.3 is 15.1 Å². The van der Waals surface area contributed by atoms with Gasteiger partial charge in [-0.1, -0.05) is 0 Å². The van der Waals surface area contributed by atoms with Crippen LogP contribution in [0.2, 0.25) is 0 Å². The molecule has 0 aromatic carbocycles. The summed E-state index contributed by atoms with van der Waals surface area (Å²) >= 11 is 0. The van der Waals surface area contributed by atoms with Crippen LogP contribution in [0.25, 0.3) is 11.5 Å². The van der Waals surface area contributed by atoms with E-state index in [-0.39, 0.29) is 24.4 Å². The summed E-state index contributed by atoms with van der Waals surface area (Å²) in [4.78, 5) is 16.6. The van der Waals surface area contributed by atoms with Gasteiger partial charge in [0.2, 0.25) is 5.89 Å². The maximum absolute atomic E-state index is 12.3. The van der Waals surface area contributed by atoms with Gasteiger partial charge in [0.05, 0.1) is 11.8 Å². The second-order valence-corrected chi connectivity index (χ2v) is 5.34. The fourth-order valence-corrected chi connectivity index (χ4v) is 2.49. The van der Waals surface area contributed by atoms with Gasteiger partial charge in [-0.2, -0.15) is 5.10 Å². The second kappa shape index (κ2) is 6.93. The van der Waals surface area contributed by atoms with Gasteiger partial charge in [-0.15, -0.1) is 12.4 Å². The smallest absolute Gasteiger partial charge is 0.273 e. The summed E-state index contributed by atoms with van der Waals surface area (Å²) in [5.41, 5.74) is 1.11. The molecule has 1 atom stereocenters. The number of piperidine rings is 1. The number of halogens is 1. The quantitative estimate of drug-likeness (QED) is 0.888. The predicted molar refractivity (Wildman–Crippen MR) is 84.0 cm³/mol. The van der Waals surface area contributed by atoms with Crippen LogP contribution in [0.15, 0.2) is 16.8 Å². The Morgan fingerprint density at radius 3 is 3.00 bits per heavy atom. The molecule has 0 spiro atoms. The largest absolute Gasteiger partial charge is 0.440 e. The van der Waals surface area contributed by atoms with Crippen LogP contribution in [0.1, 0.15) is 29.1 Å². The summed E-state index contributed by atoms with van der Waals surface area (Å²) in [6.07, 6.45) is 5.53. The third kappa shape index (κ3) is 3.48. The average molecular weight is 326 g/mol. The van der Waals surface area contributed by atoms with Crippen LogP contribution >= 0.6 is 12.4 Å². The van der Waals surface area contributed by atoms with Crippen LogP contribution in [0, 0.1) is 6.92 Å². The molecule has 8 heteroatoms. The lowest BCUT2D eigenvalue weighted by Crippen LogP contribution is -2.45. The van der Waals surface area contributed by atoms with E-state index in [1.54, 1.807) is 24.0 Å². The summed E-state index contributed by atoms with van der Waals surface area (Å²) in [5, 5.41) is 10.3. The molecule has 0 unspecified atom stereocenters. The van der Waals surface area contributed by atoms with E-state index in [0.717, 1.165) is 31.5 Å². The van der Waals surface area contributed by atoms with Gasteiger partial charge in [0.1, 0.15) is 5.76 Å². The molecule has 0 radical (unpaired) electrons. The predicted octanol–water partition coefficient (Wildman–Crippen LogP) is 1.29. The van der Waals surface area contributed by atoms with Crippen molar-refractivity contribution < 1.29 is 9.21 Å². The fraction of sp³-hybridized carbons (Fsp3) is 0.500. The van der Waals surface area contributed by atoms with Crippen molar-refractivity contribution in [1.82, 2.24) is 25.4 Å². The van der Waals surface area contributed by atoms with Gasteiger partial charge in [0.25, 0.3) is 5.91 Å².